The number of carbonyl (C=O) groups excluding carboxylic acids is 1. The summed E-state index contributed by atoms with van der Waals surface area (Å²) in [6, 6.07) is 8.30. The van der Waals surface area contributed by atoms with Crippen molar-refractivity contribution in [3.05, 3.63) is 44.8 Å². The molecule has 0 bridgehead atoms. The molecule has 0 aromatic carbocycles. The lowest BCUT2D eigenvalue weighted by Crippen LogP contribution is -2.41. The number of thiophene rings is 2. The second-order valence-electron chi connectivity index (χ2n) is 5.94. The maximum absolute atomic E-state index is 11.8. The van der Waals surface area contributed by atoms with Gasteiger partial charge in [0.15, 0.2) is 0 Å². The van der Waals surface area contributed by atoms with Crippen LogP contribution in [-0.4, -0.2) is 30.6 Å². The molecule has 0 atom stereocenters. The SMILES string of the molecule is O=C(NCc1cccs1)NCC1CCN(Cc2cccs2)CC1. The molecule has 2 N–H and O–H groups in total. The Kier molecular flexibility index (Phi) is 6.07. The molecule has 0 saturated carbocycles. The van der Waals surface area contributed by atoms with Crippen LogP contribution in [0.2, 0.25) is 0 Å². The van der Waals surface area contributed by atoms with Crippen molar-refractivity contribution in [2.75, 3.05) is 19.6 Å². The van der Waals surface area contributed by atoms with E-state index in [1.807, 2.05) is 28.8 Å². The summed E-state index contributed by atoms with van der Waals surface area (Å²) in [6.07, 6.45) is 2.33. The van der Waals surface area contributed by atoms with E-state index < -0.39 is 0 Å². The predicted octanol–water partition coefficient (Wildman–Crippen LogP) is 3.52. The first kappa shape index (κ1) is 16.5. The maximum atomic E-state index is 11.8. The second kappa shape index (κ2) is 8.47. The topological polar surface area (TPSA) is 44.4 Å². The smallest absolute Gasteiger partial charge is 0.315 e. The van der Waals surface area contributed by atoms with E-state index in [2.05, 4.69) is 33.0 Å². The number of likely N-dealkylation sites (tertiary alicyclic amines) is 1. The van der Waals surface area contributed by atoms with Crippen LogP contribution in [0.5, 0.6) is 0 Å². The summed E-state index contributed by atoms with van der Waals surface area (Å²) in [6.45, 7) is 4.72. The number of urea groups is 1. The first-order valence-electron chi connectivity index (χ1n) is 8.08. The minimum Gasteiger partial charge on any atom is -0.338 e. The Balaban J connectivity index is 1.30. The number of piperidine rings is 1. The normalized spacial score (nSPS) is 16.3. The van der Waals surface area contributed by atoms with Crippen LogP contribution in [0.1, 0.15) is 22.6 Å². The van der Waals surface area contributed by atoms with Gasteiger partial charge in [0.1, 0.15) is 0 Å². The molecular weight excluding hydrogens is 326 g/mol. The third-order valence-corrected chi connectivity index (χ3v) is 5.96. The molecule has 1 aliphatic heterocycles. The van der Waals surface area contributed by atoms with Crippen molar-refractivity contribution in [1.82, 2.24) is 15.5 Å². The van der Waals surface area contributed by atoms with Gasteiger partial charge in [0, 0.05) is 22.8 Å². The number of hydrogen-bond donors (Lipinski definition) is 2. The number of hydrogen-bond acceptors (Lipinski definition) is 4. The molecule has 1 aliphatic rings. The molecule has 124 valence electrons. The first-order valence-corrected chi connectivity index (χ1v) is 9.84. The Morgan fingerprint density at radius 1 is 1.09 bits per heavy atom. The van der Waals surface area contributed by atoms with Crippen molar-refractivity contribution in [3.63, 3.8) is 0 Å². The zero-order valence-electron chi connectivity index (χ0n) is 13.2. The summed E-state index contributed by atoms with van der Waals surface area (Å²) in [4.78, 5) is 17.0. The van der Waals surface area contributed by atoms with Crippen LogP contribution in [-0.2, 0) is 13.1 Å². The van der Waals surface area contributed by atoms with Crippen LogP contribution in [0.4, 0.5) is 4.79 Å². The molecule has 2 amide bonds. The molecule has 3 heterocycles. The summed E-state index contributed by atoms with van der Waals surface area (Å²) in [5, 5.41) is 10.1. The second-order valence-corrected chi connectivity index (χ2v) is 8.01. The fourth-order valence-electron chi connectivity index (χ4n) is 2.85. The summed E-state index contributed by atoms with van der Waals surface area (Å²) in [7, 11) is 0. The van der Waals surface area contributed by atoms with Crippen molar-refractivity contribution in [3.8, 4) is 0 Å². The lowest BCUT2D eigenvalue weighted by atomic mass is 9.97. The summed E-state index contributed by atoms with van der Waals surface area (Å²) in [5.41, 5.74) is 0. The molecule has 0 aliphatic carbocycles. The minimum absolute atomic E-state index is 0.0561. The molecule has 2 aromatic heterocycles. The Bertz CT molecular complexity index is 575. The highest BCUT2D eigenvalue weighted by Crippen LogP contribution is 2.20. The molecule has 0 spiro atoms. The largest absolute Gasteiger partial charge is 0.338 e. The van der Waals surface area contributed by atoms with Gasteiger partial charge in [-0.25, -0.2) is 4.79 Å². The highest BCUT2D eigenvalue weighted by Gasteiger charge is 2.19. The van der Waals surface area contributed by atoms with Crippen LogP contribution >= 0.6 is 22.7 Å². The molecule has 23 heavy (non-hydrogen) atoms. The van der Waals surface area contributed by atoms with E-state index in [1.165, 1.54) is 9.75 Å². The van der Waals surface area contributed by atoms with Gasteiger partial charge < -0.3 is 10.6 Å². The molecule has 0 radical (unpaired) electrons. The average Bonchev–Trinajstić information content (AvgIpc) is 3.26. The average molecular weight is 350 g/mol. The Morgan fingerprint density at radius 3 is 2.43 bits per heavy atom. The molecule has 3 rings (SSSR count). The fraction of sp³-hybridized carbons (Fsp3) is 0.471. The third-order valence-electron chi connectivity index (χ3n) is 4.22. The fourth-order valence-corrected chi connectivity index (χ4v) is 4.24. The zero-order chi connectivity index (χ0) is 15.9. The van der Waals surface area contributed by atoms with Crippen LogP contribution in [0.15, 0.2) is 35.0 Å². The number of amides is 2. The highest BCUT2D eigenvalue weighted by molar-refractivity contribution is 7.10. The van der Waals surface area contributed by atoms with E-state index in [1.54, 1.807) is 11.3 Å². The Hall–Kier alpha value is -1.37. The highest BCUT2D eigenvalue weighted by atomic mass is 32.1. The summed E-state index contributed by atoms with van der Waals surface area (Å²) < 4.78 is 0. The van der Waals surface area contributed by atoms with Gasteiger partial charge in [-0.05, 0) is 54.7 Å². The Morgan fingerprint density at radius 2 is 1.78 bits per heavy atom. The van der Waals surface area contributed by atoms with Crippen LogP contribution in [0.25, 0.3) is 0 Å². The van der Waals surface area contributed by atoms with E-state index in [-0.39, 0.29) is 6.03 Å². The monoisotopic (exact) mass is 349 g/mol. The van der Waals surface area contributed by atoms with Gasteiger partial charge in [-0.1, -0.05) is 12.1 Å². The Labute approximate surface area is 145 Å². The van der Waals surface area contributed by atoms with Gasteiger partial charge in [-0.3, -0.25) is 4.90 Å². The first-order chi connectivity index (χ1) is 11.3. The van der Waals surface area contributed by atoms with Crippen LogP contribution in [0, 0.1) is 5.92 Å². The molecule has 1 saturated heterocycles. The number of nitrogens with one attached hydrogen (secondary N) is 2. The van der Waals surface area contributed by atoms with E-state index >= 15 is 0 Å². The molecular formula is C17H23N3OS2. The van der Waals surface area contributed by atoms with Crippen molar-refractivity contribution in [1.29, 1.82) is 0 Å². The van der Waals surface area contributed by atoms with E-state index in [0.29, 0.717) is 12.5 Å². The third kappa shape index (κ3) is 5.34. The molecule has 0 unspecified atom stereocenters. The zero-order valence-corrected chi connectivity index (χ0v) is 14.8. The predicted molar refractivity (Wildman–Crippen MR) is 96.9 cm³/mol. The van der Waals surface area contributed by atoms with Crippen molar-refractivity contribution in [2.24, 2.45) is 5.92 Å². The van der Waals surface area contributed by atoms with Gasteiger partial charge in [-0.2, -0.15) is 0 Å². The van der Waals surface area contributed by atoms with Gasteiger partial charge in [0.25, 0.3) is 0 Å². The van der Waals surface area contributed by atoms with E-state index in [9.17, 15) is 4.79 Å². The quantitative estimate of drug-likeness (QED) is 0.838. The molecule has 1 fully saturated rings. The molecule has 2 aromatic rings. The molecule has 6 heteroatoms. The van der Waals surface area contributed by atoms with Gasteiger partial charge in [0.2, 0.25) is 0 Å². The van der Waals surface area contributed by atoms with Gasteiger partial charge in [-0.15, -0.1) is 22.7 Å². The van der Waals surface area contributed by atoms with Crippen molar-refractivity contribution >= 4 is 28.7 Å². The van der Waals surface area contributed by atoms with Crippen molar-refractivity contribution < 1.29 is 4.79 Å². The van der Waals surface area contributed by atoms with E-state index in [4.69, 9.17) is 0 Å². The van der Waals surface area contributed by atoms with Crippen LogP contribution in [0.3, 0.4) is 0 Å². The maximum Gasteiger partial charge on any atom is 0.315 e. The number of nitrogens with zero attached hydrogens (tertiary/aromatic N) is 1. The molecule has 4 nitrogen and oxygen atoms in total. The van der Waals surface area contributed by atoms with E-state index in [0.717, 1.165) is 39.0 Å². The lowest BCUT2D eigenvalue weighted by Gasteiger charge is -2.31. The lowest BCUT2D eigenvalue weighted by molar-refractivity contribution is 0.176. The number of carbonyl (C=O) groups is 1. The van der Waals surface area contributed by atoms with Crippen molar-refractivity contribution in [2.45, 2.75) is 25.9 Å². The standard InChI is InChI=1S/C17H23N3OS2/c21-17(19-12-15-3-1-9-22-15)18-11-14-5-7-20(8-6-14)13-16-4-2-10-23-16/h1-4,9-10,14H,5-8,11-13H2,(H2,18,19,21). The minimum atomic E-state index is -0.0561. The van der Waals surface area contributed by atoms with Gasteiger partial charge in [0.05, 0.1) is 6.54 Å². The number of rotatable bonds is 6. The summed E-state index contributed by atoms with van der Waals surface area (Å²) in [5.74, 6) is 0.599. The summed E-state index contributed by atoms with van der Waals surface area (Å²) >= 11 is 3.50. The van der Waals surface area contributed by atoms with Gasteiger partial charge >= 0.3 is 6.03 Å². The van der Waals surface area contributed by atoms with Crippen LogP contribution < -0.4 is 10.6 Å².